The summed E-state index contributed by atoms with van der Waals surface area (Å²) in [4.78, 5) is 26.5. The van der Waals surface area contributed by atoms with Gasteiger partial charge in [0.2, 0.25) is 5.91 Å². The third kappa shape index (κ3) is 9.78. The van der Waals surface area contributed by atoms with Crippen LogP contribution in [0.3, 0.4) is 0 Å². The summed E-state index contributed by atoms with van der Waals surface area (Å²) >= 11 is 3.94. The SMILES string of the molecule is Cc1cc(Cl)ccc1-c1ccc(NC(=O)[C@@H](Cc2ccc(C(=O)NCCS(=O)[O-])cc2)c2ccc(C3=CC[C@@H](C(C)(C)C)CC3)cc2)cc1. The van der Waals surface area contributed by atoms with Gasteiger partial charge in [-0.3, -0.25) is 13.8 Å². The van der Waals surface area contributed by atoms with E-state index in [-0.39, 0.29) is 24.1 Å². The smallest absolute Gasteiger partial charge is 0.251 e. The van der Waals surface area contributed by atoms with Crippen molar-refractivity contribution in [3.05, 3.63) is 130 Å². The molecule has 0 spiro atoms. The van der Waals surface area contributed by atoms with Crippen molar-refractivity contribution in [1.29, 1.82) is 0 Å². The maximum Gasteiger partial charge on any atom is 0.251 e. The van der Waals surface area contributed by atoms with Crippen molar-refractivity contribution < 1.29 is 18.4 Å². The van der Waals surface area contributed by atoms with Crippen molar-refractivity contribution in [2.45, 2.75) is 59.3 Å². The maximum absolute atomic E-state index is 14.0. The Morgan fingerprint density at radius 1 is 0.939 bits per heavy atom. The van der Waals surface area contributed by atoms with E-state index in [1.807, 2.05) is 61.5 Å². The molecule has 0 bridgehead atoms. The van der Waals surface area contributed by atoms with E-state index < -0.39 is 17.0 Å². The number of hydrogen-bond acceptors (Lipinski definition) is 4. The van der Waals surface area contributed by atoms with Gasteiger partial charge in [0.05, 0.1) is 5.92 Å². The highest BCUT2D eigenvalue weighted by atomic mass is 35.5. The van der Waals surface area contributed by atoms with Gasteiger partial charge in [-0.05, 0) is 119 Å². The molecule has 1 aliphatic carbocycles. The van der Waals surface area contributed by atoms with Crippen molar-refractivity contribution in [3.8, 4) is 11.1 Å². The Morgan fingerprint density at radius 2 is 1.61 bits per heavy atom. The Labute approximate surface area is 297 Å². The lowest BCUT2D eigenvalue weighted by molar-refractivity contribution is -0.117. The third-order valence-corrected chi connectivity index (χ3v) is 10.3. The van der Waals surface area contributed by atoms with Crippen LogP contribution >= 0.6 is 11.6 Å². The second-order valence-electron chi connectivity index (χ2n) is 13.9. The molecule has 4 aromatic rings. The van der Waals surface area contributed by atoms with Crippen LogP contribution in [-0.2, 0) is 22.3 Å². The van der Waals surface area contributed by atoms with Gasteiger partial charge in [-0.1, -0.05) is 104 Å². The van der Waals surface area contributed by atoms with Crippen molar-refractivity contribution in [1.82, 2.24) is 5.32 Å². The first-order valence-electron chi connectivity index (χ1n) is 16.8. The van der Waals surface area contributed by atoms with Gasteiger partial charge in [-0.25, -0.2) is 0 Å². The number of nitrogens with one attached hydrogen (secondary N) is 2. The molecule has 3 atom stereocenters. The predicted octanol–water partition coefficient (Wildman–Crippen LogP) is 9.12. The molecule has 0 radical (unpaired) electrons. The second-order valence-corrected chi connectivity index (χ2v) is 15.4. The minimum atomic E-state index is -2.22. The molecule has 1 unspecified atom stereocenters. The number of halogens is 1. The standard InChI is InChI=1S/C41H45ClN2O4S/c1-27-25-35(42)19-22-37(27)31-15-20-36(21-16-31)44-40(46)38(26-28-5-7-33(8-6-28)39(45)43-23-24-49(47)48)32-11-9-29(10-12-32)30-13-17-34(18-14-30)41(2,3)4/h5-13,15-16,19-22,25,34,38H,14,17-18,23-24,26H2,1-4H3,(H,43,45)(H,44,46)(H,47,48)/p-1/t34-,38+/m1/s1. The Morgan fingerprint density at radius 3 is 2.20 bits per heavy atom. The number of aryl methyl sites for hydroxylation is 1. The Balaban J connectivity index is 1.35. The largest absolute Gasteiger partial charge is 0.772 e. The molecule has 256 valence electrons. The molecule has 0 heterocycles. The van der Waals surface area contributed by atoms with E-state index in [0.29, 0.717) is 34.0 Å². The summed E-state index contributed by atoms with van der Waals surface area (Å²) in [5, 5.41) is 6.45. The van der Waals surface area contributed by atoms with E-state index in [4.69, 9.17) is 11.6 Å². The summed E-state index contributed by atoms with van der Waals surface area (Å²) in [7, 11) is 0. The topological polar surface area (TPSA) is 98.3 Å². The molecule has 8 heteroatoms. The number of rotatable bonds is 11. The monoisotopic (exact) mass is 695 g/mol. The minimum absolute atomic E-state index is 0.0449. The molecule has 1 aliphatic rings. The first kappa shape index (κ1) is 36.2. The molecule has 0 fully saturated rings. The van der Waals surface area contributed by atoms with Gasteiger partial charge in [0.1, 0.15) is 0 Å². The van der Waals surface area contributed by atoms with Crippen LogP contribution in [0.4, 0.5) is 5.69 Å². The average molecular weight is 696 g/mol. The number of allylic oxidation sites excluding steroid dienone is 2. The lowest BCUT2D eigenvalue weighted by atomic mass is 9.72. The lowest BCUT2D eigenvalue weighted by Crippen LogP contribution is -2.27. The van der Waals surface area contributed by atoms with Crippen molar-refractivity contribution in [3.63, 3.8) is 0 Å². The van der Waals surface area contributed by atoms with Crippen LogP contribution in [0.5, 0.6) is 0 Å². The van der Waals surface area contributed by atoms with Crippen molar-refractivity contribution in [2.75, 3.05) is 17.6 Å². The van der Waals surface area contributed by atoms with Crippen LogP contribution in [0.2, 0.25) is 5.02 Å². The Bertz CT molecular complexity index is 1830. The molecule has 0 saturated heterocycles. The number of carbonyl (C=O) groups excluding carboxylic acids is 2. The van der Waals surface area contributed by atoms with E-state index in [1.165, 1.54) is 17.6 Å². The highest BCUT2D eigenvalue weighted by molar-refractivity contribution is 7.79. The summed E-state index contributed by atoms with van der Waals surface area (Å²) < 4.78 is 21.6. The van der Waals surface area contributed by atoms with Gasteiger partial charge in [-0.15, -0.1) is 0 Å². The Hall–Kier alpha value is -4.04. The molecular weight excluding hydrogens is 652 g/mol. The molecule has 4 aromatic carbocycles. The van der Waals surface area contributed by atoms with Gasteiger partial charge in [-0.2, -0.15) is 0 Å². The quantitative estimate of drug-likeness (QED) is 0.153. The fraction of sp³-hybridized carbons (Fsp3) is 0.317. The van der Waals surface area contributed by atoms with E-state index in [2.05, 4.69) is 61.7 Å². The van der Waals surface area contributed by atoms with E-state index >= 15 is 0 Å². The molecule has 0 saturated carbocycles. The number of benzene rings is 4. The van der Waals surface area contributed by atoms with Gasteiger partial charge in [0, 0.05) is 28.6 Å². The summed E-state index contributed by atoms with van der Waals surface area (Å²) in [6.07, 6.45) is 6.11. The van der Waals surface area contributed by atoms with Gasteiger partial charge < -0.3 is 15.2 Å². The van der Waals surface area contributed by atoms with E-state index in [1.54, 1.807) is 12.1 Å². The molecule has 5 rings (SSSR count). The predicted molar refractivity (Wildman–Crippen MR) is 200 cm³/mol. The highest BCUT2D eigenvalue weighted by Crippen LogP contribution is 2.40. The Kier molecular flexibility index (Phi) is 11.9. The zero-order valence-electron chi connectivity index (χ0n) is 28.6. The number of anilines is 1. The normalized spacial score (nSPS) is 16.0. The maximum atomic E-state index is 14.0. The molecular formula is C41H44ClN2O4S-. The molecule has 2 N–H and O–H groups in total. The van der Waals surface area contributed by atoms with Crippen molar-refractivity contribution in [2.24, 2.45) is 11.3 Å². The van der Waals surface area contributed by atoms with Crippen molar-refractivity contribution >= 4 is 45.8 Å². The summed E-state index contributed by atoms with van der Waals surface area (Å²) in [5.74, 6) is -0.416. The second kappa shape index (κ2) is 16.1. The number of carbonyl (C=O) groups is 2. The number of amides is 2. The third-order valence-electron chi connectivity index (χ3n) is 9.50. The zero-order valence-corrected chi connectivity index (χ0v) is 30.1. The highest BCUT2D eigenvalue weighted by Gasteiger charge is 2.27. The lowest BCUT2D eigenvalue weighted by Gasteiger charge is -2.33. The van der Waals surface area contributed by atoms with Crippen LogP contribution in [0, 0.1) is 18.3 Å². The fourth-order valence-corrected chi connectivity index (χ4v) is 6.96. The first-order chi connectivity index (χ1) is 23.4. The molecule has 49 heavy (non-hydrogen) atoms. The average Bonchev–Trinajstić information content (AvgIpc) is 3.07. The summed E-state index contributed by atoms with van der Waals surface area (Å²) in [5.41, 5.74) is 8.99. The van der Waals surface area contributed by atoms with Crippen LogP contribution in [0.1, 0.15) is 78.6 Å². The van der Waals surface area contributed by atoms with E-state index in [9.17, 15) is 18.4 Å². The molecule has 0 aromatic heterocycles. The summed E-state index contributed by atoms with van der Waals surface area (Å²) in [6, 6.07) is 29.1. The molecule has 0 aliphatic heterocycles. The summed E-state index contributed by atoms with van der Waals surface area (Å²) in [6.45, 7) is 9.01. The fourth-order valence-electron chi connectivity index (χ4n) is 6.47. The zero-order chi connectivity index (χ0) is 35.1. The van der Waals surface area contributed by atoms with Gasteiger partial charge in [0.15, 0.2) is 0 Å². The first-order valence-corrected chi connectivity index (χ1v) is 18.4. The minimum Gasteiger partial charge on any atom is -0.772 e. The van der Waals surface area contributed by atoms with Crippen LogP contribution in [-0.4, -0.2) is 32.9 Å². The molecule has 2 amide bonds. The van der Waals surface area contributed by atoms with Crippen LogP contribution < -0.4 is 10.6 Å². The molecule has 6 nitrogen and oxygen atoms in total. The van der Waals surface area contributed by atoms with Crippen LogP contribution in [0.15, 0.2) is 97.1 Å². The van der Waals surface area contributed by atoms with Crippen LogP contribution in [0.25, 0.3) is 16.7 Å². The van der Waals surface area contributed by atoms with Gasteiger partial charge >= 0.3 is 0 Å². The van der Waals surface area contributed by atoms with Gasteiger partial charge in [0.25, 0.3) is 5.91 Å². The number of hydrogen-bond donors (Lipinski definition) is 2. The van der Waals surface area contributed by atoms with E-state index in [0.717, 1.165) is 40.7 Å².